The van der Waals surface area contributed by atoms with Gasteiger partial charge in [-0.25, -0.2) is 9.67 Å². The van der Waals surface area contributed by atoms with Crippen molar-refractivity contribution >= 4 is 33.8 Å². The lowest BCUT2D eigenvalue weighted by Crippen LogP contribution is -2.30. The summed E-state index contributed by atoms with van der Waals surface area (Å²) in [5.74, 6) is -0.0938. The van der Waals surface area contributed by atoms with Crippen molar-refractivity contribution < 1.29 is 4.79 Å². The summed E-state index contributed by atoms with van der Waals surface area (Å²) >= 11 is 0. The topological polar surface area (TPSA) is 106 Å². The van der Waals surface area contributed by atoms with E-state index in [-0.39, 0.29) is 12.1 Å². The first-order valence-electron chi connectivity index (χ1n) is 7.28. The van der Waals surface area contributed by atoms with Crippen LogP contribution in [0.2, 0.25) is 0 Å². The van der Waals surface area contributed by atoms with E-state index in [0.717, 1.165) is 15.7 Å². The normalized spacial score (nSPS) is 11.0. The van der Waals surface area contributed by atoms with Crippen LogP contribution >= 0.6 is 0 Å². The van der Waals surface area contributed by atoms with Crippen molar-refractivity contribution in [1.29, 1.82) is 0 Å². The van der Waals surface area contributed by atoms with Crippen molar-refractivity contribution in [1.82, 2.24) is 25.0 Å². The summed E-state index contributed by atoms with van der Waals surface area (Å²) in [7, 11) is 0. The number of imidazole rings is 1. The second kappa shape index (κ2) is 5.58. The Morgan fingerprint density at radius 2 is 1.83 bits per heavy atom. The van der Waals surface area contributed by atoms with Gasteiger partial charge in [0.2, 0.25) is 11.9 Å². The van der Waals surface area contributed by atoms with Crippen molar-refractivity contribution in [2.75, 3.05) is 5.32 Å². The van der Waals surface area contributed by atoms with E-state index in [2.05, 4.69) is 25.6 Å². The number of anilines is 1. The number of H-pyrrole nitrogens is 1. The van der Waals surface area contributed by atoms with E-state index >= 15 is 0 Å². The molecular formula is C16H12N6O2. The molecule has 0 radical (unpaired) electrons. The van der Waals surface area contributed by atoms with E-state index in [1.807, 2.05) is 24.3 Å². The maximum atomic E-state index is 12.3. The molecule has 0 unspecified atom stereocenters. The molecule has 4 rings (SSSR count). The van der Waals surface area contributed by atoms with Crippen molar-refractivity contribution in [2.24, 2.45) is 0 Å². The van der Waals surface area contributed by atoms with E-state index in [1.54, 1.807) is 24.3 Å². The first-order chi connectivity index (χ1) is 11.7. The Bertz CT molecular complexity index is 1080. The quantitative estimate of drug-likeness (QED) is 0.592. The molecule has 0 spiro atoms. The number of rotatable bonds is 3. The lowest BCUT2D eigenvalue weighted by atomic mass is 10.2. The standard InChI is InChI=1S/C16H12N6O2/c23-14(19-16-17-12-7-3-4-8-13(12)18-16)9-22-15(24)10-5-1-2-6-11(10)20-21-22/h1-8H,9H2,(H2,17,18,19,23). The molecule has 8 nitrogen and oxygen atoms in total. The highest BCUT2D eigenvalue weighted by atomic mass is 16.2. The van der Waals surface area contributed by atoms with Crippen LogP contribution < -0.4 is 10.9 Å². The summed E-state index contributed by atoms with van der Waals surface area (Å²) in [6, 6.07) is 14.3. The van der Waals surface area contributed by atoms with Gasteiger partial charge in [0.15, 0.2) is 0 Å². The first kappa shape index (κ1) is 14.1. The number of carbonyl (C=O) groups is 1. The molecule has 0 aliphatic rings. The molecular weight excluding hydrogens is 308 g/mol. The summed E-state index contributed by atoms with van der Waals surface area (Å²) in [5, 5.41) is 10.8. The Kier molecular flexibility index (Phi) is 3.27. The zero-order valence-electron chi connectivity index (χ0n) is 12.4. The van der Waals surface area contributed by atoms with Crippen molar-refractivity contribution in [3.05, 3.63) is 58.9 Å². The number of aromatic nitrogens is 5. The highest BCUT2D eigenvalue weighted by Gasteiger charge is 2.11. The van der Waals surface area contributed by atoms with Gasteiger partial charge < -0.3 is 4.98 Å². The lowest BCUT2D eigenvalue weighted by Gasteiger charge is -2.04. The Hall–Kier alpha value is -3.55. The van der Waals surface area contributed by atoms with E-state index in [4.69, 9.17) is 0 Å². The predicted molar refractivity (Wildman–Crippen MR) is 88.5 cm³/mol. The molecule has 2 heterocycles. The Morgan fingerprint density at radius 1 is 1.08 bits per heavy atom. The van der Waals surface area contributed by atoms with Crippen molar-refractivity contribution in [2.45, 2.75) is 6.54 Å². The number of hydrogen-bond acceptors (Lipinski definition) is 5. The van der Waals surface area contributed by atoms with Gasteiger partial charge in [-0.15, -0.1) is 5.10 Å². The number of nitrogens with one attached hydrogen (secondary N) is 2. The molecule has 24 heavy (non-hydrogen) atoms. The van der Waals surface area contributed by atoms with E-state index < -0.39 is 5.91 Å². The second-order valence-electron chi connectivity index (χ2n) is 5.22. The number of benzene rings is 2. The fraction of sp³-hybridized carbons (Fsp3) is 0.0625. The maximum absolute atomic E-state index is 12.3. The number of amides is 1. The number of para-hydroxylation sites is 2. The van der Waals surface area contributed by atoms with Gasteiger partial charge in [-0.05, 0) is 24.3 Å². The van der Waals surface area contributed by atoms with Gasteiger partial charge >= 0.3 is 0 Å². The third-order valence-electron chi connectivity index (χ3n) is 3.57. The molecule has 0 saturated heterocycles. The van der Waals surface area contributed by atoms with Crippen LogP contribution in [-0.4, -0.2) is 30.9 Å². The number of hydrogen-bond donors (Lipinski definition) is 2. The Morgan fingerprint density at radius 3 is 2.67 bits per heavy atom. The molecule has 0 saturated carbocycles. The zero-order valence-corrected chi connectivity index (χ0v) is 12.4. The molecule has 0 aliphatic heterocycles. The van der Waals surface area contributed by atoms with Crippen LogP contribution in [0.15, 0.2) is 53.3 Å². The molecule has 2 N–H and O–H groups in total. The number of nitrogens with zero attached hydrogens (tertiary/aromatic N) is 4. The SMILES string of the molecule is O=C(Cn1nnc2ccccc2c1=O)Nc1nc2ccccc2[nH]1. The smallest absolute Gasteiger partial charge is 0.278 e. The highest BCUT2D eigenvalue weighted by Crippen LogP contribution is 2.13. The first-order valence-corrected chi connectivity index (χ1v) is 7.28. The molecule has 0 atom stereocenters. The van der Waals surface area contributed by atoms with Crippen molar-refractivity contribution in [3.63, 3.8) is 0 Å². The predicted octanol–water partition coefficient (Wildman–Crippen LogP) is 1.31. The van der Waals surface area contributed by atoms with E-state index in [1.165, 1.54) is 0 Å². The minimum absolute atomic E-state index is 0.242. The molecule has 4 aromatic rings. The third-order valence-corrected chi connectivity index (χ3v) is 3.57. The van der Waals surface area contributed by atoms with Crippen LogP contribution in [-0.2, 0) is 11.3 Å². The average molecular weight is 320 g/mol. The molecule has 1 amide bonds. The highest BCUT2D eigenvalue weighted by molar-refractivity contribution is 5.91. The van der Waals surface area contributed by atoms with Crippen molar-refractivity contribution in [3.8, 4) is 0 Å². The molecule has 8 heteroatoms. The molecule has 0 fully saturated rings. The summed E-state index contributed by atoms with van der Waals surface area (Å²) in [6.45, 7) is -0.242. The van der Waals surface area contributed by atoms with Crippen LogP contribution in [0.4, 0.5) is 5.95 Å². The van der Waals surface area contributed by atoms with Crippen LogP contribution in [0, 0.1) is 0 Å². The van der Waals surface area contributed by atoms with E-state index in [9.17, 15) is 9.59 Å². The van der Waals surface area contributed by atoms with Crippen LogP contribution in [0.5, 0.6) is 0 Å². The minimum atomic E-state index is -0.416. The van der Waals surface area contributed by atoms with Gasteiger partial charge in [0, 0.05) is 0 Å². The fourth-order valence-corrected chi connectivity index (χ4v) is 2.45. The molecule has 118 valence electrons. The molecule has 0 aliphatic carbocycles. The van der Waals surface area contributed by atoms with Crippen LogP contribution in [0.1, 0.15) is 0 Å². The Balaban J connectivity index is 1.57. The second-order valence-corrected chi connectivity index (χ2v) is 5.22. The van der Waals surface area contributed by atoms with E-state index in [0.29, 0.717) is 16.9 Å². The van der Waals surface area contributed by atoms with Gasteiger partial charge in [-0.2, -0.15) is 0 Å². The van der Waals surface area contributed by atoms with Gasteiger partial charge in [-0.1, -0.05) is 29.5 Å². The van der Waals surface area contributed by atoms with Crippen LogP contribution in [0.25, 0.3) is 21.9 Å². The monoisotopic (exact) mass is 320 g/mol. The Labute approximate surface area is 135 Å². The summed E-state index contributed by atoms with van der Waals surface area (Å²) in [4.78, 5) is 31.7. The number of aromatic amines is 1. The maximum Gasteiger partial charge on any atom is 0.278 e. The van der Waals surface area contributed by atoms with Gasteiger partial charge in [0.05, 0.1) is 16.4 Å². The van der Waals surface area contributed by atoms with Crippen LogP contribution in [0.3, 0.4) is 0 Å². The van der Waals surface area contributed by atoms with Gasteiger partial charge in [0.25, 0.3) is 5.56 Å². The third kappa shape index (κ3) is 2.50. The minimum Gasteiger partial charge on any atom is -0.324 e. The van der Waals surface area contributed by atoms with Gasteiger partial charge in [-0.3, -0.25) is 14.9 Å². The number of carbonyl (C=O) groups excluding carboxylic acids is 1. The summed E-state index contributed by atoms with van der Waals surface area (Å²) < 4.78 is 1.03. The summed E-state index contributed by atoms with van der Waals surface area (Å²) in [5.41, 5.74) is 1.70. The molecule has 2 aromatic carbocycles. The fourth-order valence-electron chi connectivity index (χ4n) is 2.45. The summed E-state index contributed by atoms with van der Waals surface area (Å²) in [6.07, 6.45) is 0. The van der Waals surface area contributed by atoms with Gasteiger partial charge in [0.1, 0.15) is 12.1 Å². The molecule has 0 bridgehead atoms. The largest absolute Gasteiger partial charge is 0.324 e. The lowest BCUT2D eigenvalue weighted by molar-refractivity contribution is -0.117. The zero-order chi connectivity index (χ0) is 16.5. The molecule has 2 aromatic heterocycles. The number of fused-ring (bicyclic) bond motifs is 2. The average Bonchev–Trinajstić information content (AvgIpc) is 2.99.